The molecular formula is C30H41Cl3N6O3. The number of carbonyl (C=O) groups excluding carboxylic acids is 2. The molecule has 5 rings (SSSR count). The Balaban J connectivity index is 0.00000205. The second kappa shape index (κ2) is 16.4. The van der Waals surface area contributed by atoms with Gasteiger partial charge in [-0.1, -0.05) is 48.5 Å². The molecule has 230 valence electrons. The minimum absolute atomic E-state index is 0. The number of nitrogens with one attached hydrogen (secondary N) is 3. The Hall–Kier alpha value is -2.50. The van der Waals surface area contributed by atoms with Crippen LogP contribution in [-0.2, 0) is 16.0 Å². The van der Waals surface area contributed by atoms with E-state index < -0.39 is 17.7 Å². The minimum Gasteiger partial charge on any atom is -0.392 e. The van der Waals surface area contributed by atoms with Gasteiger partial charge in [0.2, 0.25) is 11.8 Å². The van der Waals surface area contributed by atoms with E-state index in [-0.39, 0.29) is 61.6 Å². The van der Waals surface area contributed by atoms with E-state index in [1.165, 1.54) is 5.56 Å². The average Bonchev–Trinajstić information content (AvgIpc) is 3.65. The molecule has 12 heteroatoms. The third-order valence-corrected chi connectivity index (χ3v) is 7.95. The number of β-amino-alcohol motifs (C(OH)–C–C–N with tert-alkyl or cyclic N) is 1. The topological polar surface area (TPSA) is 133 Å². The number of amides is 2. The smallest absolute Gasteiger partial charge is 0.247 e. The molecule has 6 N–H and O–H groups in total. The van der Waals surface area contributed by atoms with Crippen molar-refractivity contribution >= 4 is 65.6 Å². The van der Waals surface area contributed by atoms with Gasteiger partial charge in [-0.2, -0.15) is 0 Å². The van der Waals surface area contributed by atoms with Gasteiger partial charge in [0.1, 0.15) is 6.04 Å². The fourth-order valence-corrected chi connectivity index (χ4v) is 5.67. The lowest BCUT2D eigenvalue weighted by Gasteiger charge is -2.31. The summed E-state index contributed by atoms with van der Waals surface area (Å²) in [6, 6.07) is 18.7. The standard InChI is InChI=1S/C30H38N6O3.3ClH/c31-19-30(34-18-24(37)13-12-21-7-2-1-3-8-21)16-27(36(20-30)29(39)26-11-6-14-32-26)28(38)35-23-15-22-9-4-5-10-25(22)33-17-23;;;/h1-5,7-10,15,17,24,26-27,32,34,37H,6,11-14,16,18-20,31H2,(H,35,38);3*1H/t24-,26+,27+,30+;;;/m1.../s1. The van der Waals surface area contributed by atoms with Gasteiger partial charge in [0.15, 0.2) is 0 Å². The zero-order valence-corrected chi connectivity index (χ0v) is 25.9. The van der Waals surface area contributed by atoms with Crippen molar-refractivity contribution < 1.29 is 14.7 Å². The maximum atomic E-state index is 13.6. The molecule has 2 aliphatic heterocycles. The molecule has 3 heterocycles. The first-order valence-electron chi connectivity index (χ1n) is 13.8. The Kier molecular flexibility index (Phi) is 13.9. The lowest BCUT2D eigenvalue weighted by atomic mass is 9.95. The third kappa shape index (κ3) is 8.54. The van der Waals surface area contributed by atoms with Crippen molar-refractivity contribution in [2.45, 2.75) is 55.8 Å². The molecular weight excluding hydrogens is 599 g/mol. The Bertz CT molecular complexity index is 1300. The highest BCUT2D eigenvalue weighted by Crippen LogP contribution is 2.30. The van der Waals surface area contributed by atoms with Crippen molar-refractivity contribution in [3.05, 3.63) is 72.4 Å². The number of pyridine rings is 1. The summed E-state index contributed by atoms with van der Waals surface area (Å²) in [4.78, 5) is 33.3. The zero-order chi connectivity index (χ0) is 27.2. The molecule has 2 aliphatic rings. The predicted octanol–water partition coefficient (Wildman–Crippen LogP) is 3.07. The van der Waals surface area contributed by atoms with E-state index in [1.54, 1.807) is 11.1 Å². The van der Waals surface area contributed by atoms with Gasteiger partial charge in [-0.05, 0) is 56.3 Å². The summed E-state index contributed by atoms with van der Waals surface area (Å²) in [5, 5.41) is 21.3. The summed E-state index contributed by atoms with van der Waals surface area (Å²) in [5.41, 5.74) is 8.20. The second-order valence-corrected chi connectivity index (χ2v) is 10.8. The van der Waals surface area contributed by atoms with Crippen molar-refractivity contribution in [1.82, 2.24) is 20.5 Å². The van der Waals surface area contributed by atoms with E-state index in [0.717, 1.165) is 36.7 Å². The molecule has 2 saturated heterocycles. The van der Waals surface area contributed by atoms with E-state index >= 15 is 0 Å². The Labute approximate surface area is 265 Å². The number of nitrogens with zero attached hydrogens (tertiary/aromatic N) is 2. The highest BCUT2D eigenvalue weighted by Gasteiger charge is 2.49. The molecule has 4 atom stereocenters. The van der Waals surface area contributed by atoms with E-state index in [2.05, 4.69) is 20.9 Å². The molecule has 0 unspecified atom stereocenters. The number of aromatic nitrogens is 1. The number of anilines is 1. The van der Waals surface area contributed by atoms with Gasteiger partial charge in [-0.3, -0.25) is 14.6 Å². The van der Waals surface area contributed by atoms with Gasteiger partial charge in [0.05, 0.1) is 35.1 Å². The average molecular weight is 640 g/mol. The maximum Gasteiger partial charge on any atom is 0.247 e. The van der Waals surface area contributed by atoms with E-state index in [0.29, 0.717) is 31.6 Å². The number of nitrogens with two attached hydrogens (primary N) is 1. The van der Waals surface area contributed by atoms with Crippen LogP contribution < -0.4 is 21.7 Å². The number of hydrogen-bond acceptors (Lipinski definition) is 7. The first-order chi connectivity index (χ1) is 19.0. The van der Waals surface area contributed by atoms with Crippen LogP contribution in [0.1, 0.15) is 31.2 Å². The molecule has 0 aliphatic carbocycles. The molecule has 2 aromatic carbocycles. The van der Waals surface area contributed by atoms with Gasteiger partial charge in [0, 0.05) is 25.0 Å². The number of hydrogen-bond donors (Lipinski definition) is 5. The van der Waals surface area contributed by atoms with E-state index in [9.17, 15) is 14.7 Å². The minimum atomic E-state index is -0.691. The largest absolute Gasteiger partial charge is 0.392 e. The molecule has 0 bridgehead atoms. The first-order valence-corrected chi connectivity index (χ1v) is 13.8. The fraction of sp³-hybridized carbons (Fsp3) is 0.433. The van der Waals surface area contributed by atoms with E-state index in [1.807, 2.05) is 60.7 Å². The van der Waals surface area contributed by atoms with Crippen LogP contribution in [0.3, 0.4) is 0 Å². The van der Waals surface area contributed by atoms with Crippen molar-refractivity contribution in [2.75, 3.05) is 31.5 Å². The van der Waals surface area contributed by atoms with Gasteiger partial charge in [-0.25, -0.2) is 0 Å². The lowest BCUT2D eigenvalue weighted by molar-refractivity contribution is -0.138. The lowest BCUT2D eigenvalue weighted by Crippen LogP contribution is -2.56. The summed E-state index contributed by atoms with van der Waals surface area (Å²) in [7, 11) is 0. The molecule has 9 nitrogen and oxygen atoms in total. The quantitative estimate of drug-likeness (QED) is 0.230. The van der Waals surface area contributed by atoms with Crippen LogP contribution in [0.2, 0.25) is 0 Å². The van der Waals surface area contributed by atoms with Crippen LogP contribution in [-0.4, -0.2) is 76.7 Å². The zero-order valence-electron chi connectivity index (χ0n) is 23.4. The van der Waals surface area contributed by atoms with Crippen LogP contribution in [0, 0.1) is 0 Å². The number of benzene rings is 2. The van der Waals surface area contributed by atoms with Crippen molar-refractivity contribution in [2.24, 2.45) is 5.73 Å². The monoisotopic (exact) mass is 638 g/mol. The summed E-state index contributed by atoms with van der Waals surface area (Å²) in [6.07, 6.45) is 4.47. The predicted molar refractivity (Wildman–Crippen MR) is 174 cm³/mol. The summed E-state index contributed by atoms with van der Waals surface area (Å²) in [5.74, 6) is -0.341. The summed E-state index contributed by atoms with van der Waals surface area (Å²) in [6.45, 7) is 1.66. The molecule has 0 spiro atoms. The highest BCUT2D eigenvalue weighted by atomic mass is 35.5. The summed E-state index contributed by atoms with van der Waals surface area (Å²) < 4.78 is 0. The molecule has 0 radical (unpaired) electrons. The van der Waals surface area contributed by atoms with Gasteiger partial charge in [0.25, 0.3) is 0 Å². The number of aryl methyl sites for hydroxylation is 1. The Morgan fingerprint density at radius 1 is 1.12 bits per heavy atom. The summed E-state index contributed by atoms with van der Waals surface area (Å²) >= 11 is 0. The number of aliphatic hydroxyl groups is 1. The van der Waals surface area contributed by atoms with Crippen LogP contribution >= 0.6 is 37.2 Å². The SMILES string of the molecule is Cl.Cl.Cl.NC[C@@]1(NC[C@H](O)CCc2ccccc2)C[C@@H](C(=O)Nc2cnc3ccccc3c2)N(C(=O)[C@@H]2CCCN2)C1. The van der Waals surface area contributed by atoms with E-state index in [4.69, 9.17) is 5.73 Å². The van der Waals surface area contributed by atoms with Gasteiger partial charge < -0.3 is 31.7 Å². The molecule has 2 fully saturated rings. The fourth-order valence-electron chi connectivity index (χ4n) is 5.67. The number of halogens is 3. The maximum absolute atomic E-state index is 13.6. The van der Waals surface area contributed by atoms with Crippen LogP contribution in [0.4, 0.5) is 5.69 Å². The van der Waals surface area contributed by atoms with Crippen molar-refractivity contribution in [3.8, 4) is 0 Å². The highest BCUT2D eigenvalue weighted by molar-refractivity contribution is 5.99. The van der Waals surface area contributed by atoms with Crippen molar-refractivity contribution in [3.63, 3.8) is 0 Å². The van der Waals surface area contributed by atoms with Gasteiger partial charge in [-0.15, -0.1) is 37.2 Å². The van der Waals surface area contributed by atoms with Crippen LogP contribution in [0.25, 0.3) is 10.9 Å². The number of aliphatic hydroxyl groups excluding tert-OH is 1. The Morgan fingerprint density at radius 2 is 1.86 bits per heavy atom. The molecule has 42 heavy (non-hydrogen) atoms. The number of para-hydroxylation sites is 1. The number of fused-ring (bicyclic) bond motifs is 1. The molecule has 1 aromatic heterocycles. The molecule has 3 aromatic rings. The first kappa shape index (κ1) is 35.7. The van der Waals surface area contributed by atoms with Gasteiger partial charge >= 0.3 is 0 Å². The second-order valence-electron chi connectivity index (χ2n) is 10.8. The third-order valence-electron chi connectivity index (χ3n) is 7.95. The number of carbonyl (C=O) groups is 2. The van der Waals surface area contributed by atoms with Crippen LogP contribution in [0.5, 0.6) is 0 Å². The number of rotatable bonds is 10. The Morgan fingerprint density at radius 3 is 2.57 bits per heavy atom. The van der Waals surface area contributed by atoms with Crippen molar-refractivity contribution in [1.29, 1.82) is 0 Å². The molecule has 2 amide bonds. The number of likely N-dealkylation sites (tertiary alicyclic amines) is 1. The van der Waals surface area contributed by atoms with Crippen LogP contribution in [0.15, 0.2) is 66.9 Å². The molecule has 0 saturated carbocycles. The normalized spacial score (nSPS) is 22.0.